The van der Waals surface area contributed by atoms with Gasteiger partial charge in [0.2, 0.25) is 0 Å². The molecule has 3 rings (SSSR count). The fraction of sp³-hybridized carbons (Fsp3) is 0.571. The van der Waals surface area contributed by atoms with Crippen LogP contribution in [0.2, 0.25) is 5.02 Å². The third-order valence-electron chi connectivity index (χ3n) is 3.94. The molecule has 1 N–H and O–H groups in total. The first kappa shape index (κ1) is 11.5. The normalized spacial score (nSPS) is 32.9. The van der Waals surface area contributed by atoms with Crippen LogP contribution in [0.1, 0.15) is 37.8 Å². The van der Waals surface area contributed by atoms with Gasteiger partial charge in [0.25, 0.3) is 0 Å². The molecule has 17 heavy (non-hydrogen) atoms. The Morgan fingerprint density at radius 3 is 2.65 bits per heavy atom. The van der Waals surface area contributed by atoms with E-state index < -0.39 is 0 Å². The molecule has 0 aromatic heterocycles. The first-order valence-electron chi connectivity index (χ1n) is 6.39. The zero-order valence-electron chi connectivity index (χ0n) is 10.0. The lowest BCUT2D eigenvalue weighted by Gasteiger charge is -2.24. The Bertz CT molecular complexity index is 392. The van der Waals surface area contributed by atoms with E-state index in [2.05, 4.69) is 24.4 Å². The van der Waals surface area contributed by atoms with Crippen LogP contribution in [0, 0.1) is 0 Å². The Hall–Kier alpha value is -0.570. The van der Waals surface area contributed by atoms with Gasteiger partial charge in [-0.05, 0) is 43.9 Å². The van der Waals surface area contributed by atoms with Gasteiger partial charge in [0.1, 0.15) is 0 Å². The fourth-order valence-electron chi connectivity index (χ4n) is 2.98. The van der Waals surface area contributed by atoms with Gasteiger partial charge in [-0.25, -0.2) is 0 Å². The summed E-state index contributed by atoms with van der Waals surface area (Å²) in [4.78, 5) is 0. The van der Waals surface area contributed by atoms with E-state index in [0.29, 0.717) is 24.3 Å². The van der Waals surface area contributed by atoms with Crippen LogP contribution in [0.4, 0.5) is 0 Å². The first-order chi connectivity index (χ1) is 8.22. The number of halogens is 1. The average Bonchev–Trinajstić information content (AvgIpc) is 2.91. The molecule has 3 heteroatoms. The van der Waals surface area contributed by atoms with Crippen molar-refractivity contribution in [2.75, 3.05) is 0 Å². The van der Waals surface area contributed by atoms with Crippen LogP contribution >= 0.6 is 11.6 Å². The van der Waals surface area contributed by atoms with Crippen molar-refractivity contribution in [3.63, 3.8) is 0 Å². The third kappa shape index (κ3) is 2.35. The van der Waals surface area contributed by atoms with E-state index in [0.717, 1.165) is 5.02 Å². The highest BCUT2D eigenvalue weighted by Gasteiger charge is 2.40. The van der Waals surface area contributed by atoms with Crippen molar-refractivity contribution >= 4 is 11.6 Å². The van der Waals surface area contributed by atoms with Gasteiger partial charge >= 0.3 is 0 Å². The van der Waals surface area contributed by atoms with Crippen LogP contribution in [0.5, 0.6) is 0 Å². The van der Waals surface area contributed by atoms with E-state index in [1.807, 2.05) is 12.1 Å². The summed E-state index contributed by atoms with van der Waals surface area (Å²) in [6.45, 7) is 2.20. The molecular formula is C14H18ClNO. The molecule has 2 bridgehead atoms. The highest BCUT2D eigenvalue weighted by Crippen LogP contribution is 2.35. The smallest absolute Gasteiger partial charge is 0.0733 e. The summed E-state index contributed by atoms with van der Waals surface area (Å²) in [7, 11) is 0. The first-order valence-corrected chi connectivity index (χ1v) is 6.77. The zero-order chi connectivity index (χ0) is 11.8. The topological polar surface area (TPSA) is 21.3 Å². The second-order valence-electron chi connectivity index (χ2n) is 5.16. The lowest BCUT2D eigenvalue weighted by atomic mass is 9.94. The molecule has 2 aliphatic rings. The number of hydrogen-bond acceptors (Lipinski definition) is 2. The fourth-order valence-corrected chi connectivity index (χ4v) is 3.11. The van der Waals surface area contributed by atoms with Gasteiger partial charge in [-0.2, -0.15) is 0 Å². The molecule has 0 spiro atoms. The van der Waals surface area contributed by atoms with E-state index in [1.165, 1.54) is 24.8 Å². The van der Waals surface area contributed by atoms with Crippen LogP contribution in [0.3, 0.4) is 0 Å². The zero-order valence-corrected chi connectivity index (χ0v) is 10.8. The SMILES string of the molecule is CC(NC1CC2CCC1O2)c1ccc(Cl)cc1. The Balaban J connectivity index is 1.63. The van der Waals surface area contributed by atoms with Crippen molar-refractivity contribution < 1.29 is 4.74 Å². The molecule has 0 amide bonds. The van der Waals surface area contributed by atoms with E-state index in [4.69, 9.17) is 16.3 Å². The molecule has 4 atom stereocenters. The molecule has 2 heterocycles. The Kier molecular flexibility index (Phi) is 3.12. The molecule has 2 fully saturated rings. The summed E-state index contributed by atoms with van der Waals surface area (Å²) in [5.41, 5.74) is 1.29. The maximum absolute atomic E-state index is 5.90. The molecule has 1 aromatic rings. The molecule has 2 saturated heterocycles. The predicted molar refractivity (Wildman–Crippen MR) is 69.3 cm³/mol. The number of hydrogen-bond donors (Lipinski definition) is 1. The van der Waals surface area contributed by atoms with Crippen molar-refractivity contribution in [1.82, 2.24) is 5.32 Å². The second-order valence-corrected chi connectivity index (χ2v) is 5.59. The quantitative estimate of drug-likeness (QED) is 0.890. The summed E-state index contributed by atoms with van der Waals surface area (Å²) in [5.74, 6) is 0. The molecular weight excluding hydrogens is 234 g/mol. The van der Waals surface area contributed by atoms with Crippen LogP contribution in [0.15, 0.2) is 24.3 Å². The van der Waals surface area contributed by atoms with Crippen molar-refractivity contribution in [3.8, 4) is 0 Å². The van der Waals surface area contributed by atoms with E-state index in [-0.39, 0.29) is 0 Å². The van der Waals surface area contributed by atoms with Crippen molar-refractivity contribution in [1.29, 1.82) is 0 Å². The predicted octanol–water partition coefficient (Wildman–Crippen LogP) is 3.31. The average molecular weight is 252 g/mol. The lowest BCUT2D eigenvalue weighted by Crippen LogP contribution is -2.38. The van der Waals surface area contributed by atoms with Crippen LogP contribution in [-0.4, -0.2) is 18.2 Å². The maximum atomic E-state index is 5.90. The standard InChI is InChI=1S/C14H18ClNO/c1-9(10-2-4-11(15)5-3-10)16-13-8-12-6-7-14(13)17-12/h2-5,9,12-14,16H,6-8H2,1H3. The third-order valence-corrected chi connectivity index (χ3v) is 4.19. The summed E-state index contributed by atoms with van der Waals surface area (Å²) in [6, 6.07) is 8.97. The van der Waals surface area contributed by atoms with Gasteiger partial charge < -0.3 is 10.1 Å². The Morgan fingerprint density at radius 2 is 2.06 bits per heavy atom. The largest absolute Gasteiger partial charge is 0.373 e. The maximum Gasteiger partial charge on any atom is 0.0733 e. The number of fused-ring (bicyclic) bond motifs is 2. The summed E-state index contributed by atoms with van der Waals surface area (Å²) >= 11 is 5.90. The minimum absolute atomic E-state index is 0.361. The molecule has 0 radical (unpaired) electrons. The van der Waals surface area contributed by atoms with Gasteiger partial charge in [0.05, 0.1) is 12.2 Å². The number of ether oxygens (including phenoxy) is 1. The Labute approximate surface area is 107 Å². The van der Waals surface area contributed by atoms with Gasteiger partial charge in [0.15, 0.2) is 0 Å². The van der Waals surface area contributed by atoms with Crippen molar-refractivity contribution in [3.05, 3.63) is 34.9 Å². The highest BCUT2D eigenvalue weighted by atomic mass is 35.5. The molecule has 1 aromatic carbocycles. The minimum Gasteiger partial charge on any atom is -0.373 e. The van der Waals surface area contributed by atoms with Crippen LogP contribution < -0.4 is 5.32 Å². The highest BCUT2D eigenvalue weighted by molar-refractivity contribution is 6.30. The molecule has 2 aliphatic heterocycles. The van der Waals surface area contributed by atoms with Crippen LogP contribution in [-0.2, 0) is 4.74 Å². The molecule has 92 valence electrons. The van der Waals surface area contributed by atoms with Gasteiger partial charge in [-0.1, -0.05) is 23.7 Å². The van der Waals surface area contributed by atoms with Crippen molar-refractivity contribution in [2.24, 2.45) is 0 Å². The number of rotatable bonds is 3. The van der Waals surface area contributed by atoms with Gasteiger partial charge in [-0.15, -0.1) is 0 Å². The second kappa shape index (κ2) is 4.60. The van der Waals surface area contributed by atoms with Crippen molar-refractivity contribution in [2.45, 2.75) is 50.5 Å². The van der Waals surface area contributed by atoms with E-state index >= 15 is 0 Å². The summed E-state index contributed by atoms with van der Waals surface area (Å²) < 4.78 is 5.86. The van der Waals surface area contributed by atoms with Gasteiger partial charge in [0, 0.05) is 17.1 Å². The summed E-state index contributed by atoms with van der Waals surface area (Å²) in [5, 5.41) is 4.47. The van der Waals surface area contributed by atoms with Gasteiger partial charge in [-0.3, -0.25) is 0 Å². The molecule has 0 aliphatic carbocycles. The van der Waals surface area contributed by atoms with E-state index in [9.17, 15) is 0 Å². The molecule has 4 unspecified atom stereocenters. The summed E-state index contributed by atoms with van der Waals surface area (Å²) in [6.07, 6.45) is 4.58. The minimum atomic E-state index is 0.361. The number of nitrogens with one attached hydrogen (secondary N) is 1. The number of benzene rings is 1. The van der Waals surface area contributed by atoms with E-state index in [1.54, 1.807) is 0 Å². The molecule has 0 saturated carbocycles. The lowest BCUT2D eigenvalue weighted by molar-refractivity contribution is 0.0962. The van der Waals surface area contributed by atoms with Crippen LogP contribution in [0.25, 0.3) is 0 Å². The Morgan fingerprint density at radius 1 is 1.29 bits per heavy atom. The molecule has 2 nitrogen and oxygen atoms in total. The monoisotopic (exact) mass is 251 g/mol.